The molecule has 1 aliphatic rings. The van der Waals surface area contributed by atoms with Crippen molar-refractivity contribution < 1.29 is 22.7 Å². The average Bonchev–Trinajstić information content (AvgIpc) is 2.38. The third-order valence-corrected chi connectivity index (χ3v) is 5.10. The molecule has 0 aromatic heterocycles. The van der Waals surface area contributed by atoms with E-state index in [1.807, 2.05) is 0 Å². The Labute approximate surface area is 116 Å². The Morgan fingerprint density at radius 1 is 1.45 bits per heavy atom. The molecule has 0 saturated carbocycles. The standard InChI is InChI=1S/C12H15FN2O4S/c13-10-4-3-8(12(16)17)6-11(10)20(18,19)15-5-1-2-9(14)7-15/h3-4,6,9H,1-2,5,7,14H2,(H,16,17). The summed E-state index contributed by atoms with van der Waals surface area (Å²) in [7, 11) is -4.07. The van der Waals surface area contributed by atoms with Crippen LogP contribution in [0, 0.1) is 5.82 Å². The third kappa shape index (κ3) is 2.82. The van der Waals surface area contributed by atoms with Gasteiger partial charge in [0.25, 0.3) is 0 Å². The summed E-state index contributed by atoms with van der Waals surface area (Å²) in [5.41, 5.74) is 5.45. The Morgan fingerprint density at radius 2 is 2.15 bits per heavy atom. The highest BCUT2D eigenvalue weighted by molar-refractivity contribution is 7.89. The zero-order valence-electron chi connectivity index (χ0n) is 10.6. The number of nitrogens with zero attached hydrogens (tertiary/aromatic N) is 1. The average molecular weight is 302 g/mol. The molecule has 1 heterocycles. The van der Waals surface area contributed by atoms with Crippen LogP contribution in [0.1, 0.15) is 23.2 Å². The first-order valence-corrected chi connectivity index (χ1v) is 7.55. The fraction of sp³-hybridized carbons (Fsp3) is 0.417. The number of hydrogen-bond donors (Lipinski definition) is 2. The van der Waals surface area contributed by atoms with E-state index >= 15 is 0 Å². The molecule has 1 aliphatic heterocycles. The summed E-state index contributed by atoms with van der Waals surface area (Å²) in [5, 5.41) is 8.87. The van der Waals surface area contributed by atoms with Crippen LogP contribution in [0.25, 0.3) is 0 Å². The van der Waals surface area contributed by atoms with Crippen LogP contribution in [-0.4, -0.2) is 42.9 Å². The van der Waals surface area contributed by atoms with Crippen molar-refractivity contribution in [3.63, 3.8) is 0 Å². The molecule has 0 bridgehead atoms. The number of rotatable bonds is 3. The molecule has 20 heavy (non-hydrogen) atoms. The van der Waals surface area contributed by atoms with Gasteiger partial charge in [-0.25, -0.2) is 17.6 Å². The molecule has 0 amide bonds. The molecule has 1 saturated heterocycles. The molecule has 1 aromatic rings. The van der Waals surface area contributed by atoms with E-state index < -0.39 is 26.7 Å². The number of carbonyl (C=O) groups is 1. The molecule has 1 fully saturated rings. The molecule has 0 spiro atoms. The highest BCUT2D eigenvalue weighted by atomic mass is 32.2. The first-order chi connectivity index (χ1) is 9.32. The summed E-state index contributed by atoms with van der Waals surface area (Å²) in [5.74, 6) is -2.27. The number of nitrogens with two attached hydrogens (primary N) is 1. The van der Waals surface area contributed by atoms with Gasteiger partial charge in [-0.05, 0) is 31.0 Å². The molecule has 110 valence electrons. The second kappa shape index (κ2) is 5.47. The third-order valence-electron chi connectivity index (χ3n) is 3.22. The first kappa shape index (κ1) is 14.9. The normalized spacial score (nSPS) is 20.8. The van der Waals surface area contributed by atoms with Gasteiger partial charge in [-0.3, -0.25) is 0 Å². The Hall–Kier alpha value is -1.51. The smallest absolute Gasteiger partial charge is 0.335 e. The Morgan fingerprint density at radius 3 is 2.75 bits per heavy atom. The lowest BCUT2D eigenvalue weighted by molar-refractivity contribution is 0.0696. The van der Waals surface area contributed by atoms with Crippen molar-refractivity contribution in [1.29, 1.82) is 0 Å². The van der Waals surface area contributed by atoms with Gasteiger partial charge in [0.15, 0.2) is 0 Å². The second-order valence-electron chi connectivity index (χ2n) is 4.72. The number of carboxylic acids is 1. The lowest BCUT2D eigenvalue weighted by Gasteiger charge is -2.30. The van der Waals surface area contributed by atoms with Gasteiger partial charge < -0.3 is 10.8 Å². The van der Waals surface area contributed by atoms with Gasteiger partial charge in [0.05, 0.1) is 5.56 Å². The van der Waals surface area contributed by atoms with Crippen LogP contribution >= 0.6 is 0 Å². The van der Waals surface area contributed by atoms with Gasteiger partial charge in [0.2, 0.25) is 10.0 Å². The van der Waals surface area contributed by atoms with Gasteiger partial charge >= 0.3 is 5.97 Å². The molecule has 1 atom stereocenters. The summed E-state index contributed by atoms with van der Waals surface area (Å²) in [6.07, 6.45) is 1.31. The van der Waals surface area contributed by atoms with E-state index in [4.69, 9.17) is 10.8 Å². The highest BCUT2D eigenvalue weighted by Crippen LogP contribution is 2.23. The first-order valence-electron chi connectivity index (χ1n) is 6.11. The molecule has 0 aliphatic carbocycles. The number of sulfonamides is 1. The quantitative estimate of drug-likeness (QED) is 0.853. The zero-order valence-corrected chi connectivity index (χ0v) is 11.4. The van der Waals surface area contributed by atoms with Crippen LogP contribution in [0.15, 0.2) is 23.1 Å². The Kier molecular flexibility index (Phi) is 4.07. The monoisotopic (exact) mass is 302 g/mol. The predicted octanol–water partition coefficient (Wildman–Crippen LogP) is 0.636. The van der Waals surface area contributed by atoms with Crippen LogP contribution in [-0.2, 0) is 10.0 Å². The van der Waals surface area contributed by atoms with Crippen molar-refractivity contribution in [3.8, 4) is 0 Å². The molecule has 1 aromatic carbocycles. The van der Waals surface area contributed by atoms with Crippen molar-refractivity contribution in [1.82, 2.24) is 4.31 Å². The van der Waals surface area contributed by atoms with Gasteiger partial charge in [-0.2, -0.15) is 4.31 Å². The number of benzene rings is 1. The summed E-state index contributed by atoms with van der Waals surface area (Å²) in [4.78, 5) is 10.2. The lowest BCUT2D eigenvalue weighted by Crippen LogP contribution is -2.45. The maximum atomic E-state index is 13.8. The number of hydrogen-bond acceptors (Lipinski definition) is 4. The van der Waals surface area contributed by atoms with E-state index in [0.29, 0.717) is 12.8 Å². The Bertz CT molecular complexity index is 632. The number of halogens is 1. The predicted molar refractivity (Wildman–Crippen MR) is 69.3 cm³/mol. The lowest BCUT2D eigenvalue weighted by atomic mass is 10.1. The minimum Gasteiger partial charge on any atom is -0.478 e. The van der Waals surface area contributed by atoms with Gasteiger partial charge in [-0.15, -0.1) is 0 Å². The molecule has 8 heteroatoms. The van der Waals surface area contributed by atoms with E-state index in [9.17, 15) is 17.6 Å². The van der Waals surface area contributed by atoms with Gasteiger partial charge in [-0.1, -0.05) is 0 Å². The molecule has 2 rings (SSSR count). The summed E-state index contributed by atoms with van der Waals surface area (Å²) in [6, 6.07) is 2.43. The Balaban J connectivity index is 2.43. The molecule has 6 nitrogen and oxygen atoms in total. The van der Waals surface area contributed by atoms with E-state index in [1.54, 1.807) is 0 Å². The molecular weight excluding hydrogens is 287 g/mol. The molecular formula is C12H15FN2O4S. The number of piperidine rings is 1. The number of aromatic carboxylic acids is 1. The van der Waals surface area contributed by atoms with Crippen molar-refractivity contribution >= 4 is 16.0 Å². The molecule has 0 radical (unpaired) electrons. The van der Waals surface area contributed by atoms with Crippen LogP contribution in [0.4, 0.5) is 4.39 Å². The highest BCUT2D eigenvalue weighted by Gasteiger charge is 2.31. The summed E-state index contributed by atoms with van der Waals surface area (Å²) < 4.78 is 39.6. The van der Waals surface area contributed by atoms with Crippen molar-refractivity contribution in [2.45, 2.75) is 23.8 Å². The van der Waals surface area contributed by atoms with Crippen LogP contribution in [0.2, 0.25) is 0 Å². The van der Waals surface area contributed by atoms with E-state index in [0.717, 1.165) is 22.5 Å². The van der Waals surface area contributed by atoms with Crippen LogP contribution < -0.4 is 5.73 Å². The van der Waals surface area contributed by atoms with Crippen molar-refractivity contribution in [2.75, 3.05) is 13.1 Å². The van der Waals surface area contributed by atoms with Crippen molar-refractivity contribution in [3.05, 3.63) is 29.6 Å². The van der Waals surface area contributed by atoms with E-state index in [-0.39, 0.29) is 24.7 Å². The molecule has 3 N–H and O–H groups in total. The fourth-order valence-corrected chi connectivity index (χ4v) is 3.79. The van der Waals surface area contributed by atoms with E-state index in [1.165, 1.54) is 0 Å². The van der Waals surface area contributed by atoms with Crippen LogP contribution in [0.5, 0.6) is 0 Å². The van der Waals surface area contributed by atoms with E-state index in [2.05, 4.69) is 0 Å². The van der Waals surface area contributed by atoms with Gasteiger partial charge in [0.1, 0.15) is 10.7 Å². The SMILES string of the molecule is NC1CCCN(S(=O)(=O)c2cc(C(=O)O)ccc2F)C1. The zero-order chi connectivity index (χ0) is 14.9. The van der Waals surface area contributed by atoms with Crippen LogP contribution in [0.3, 0.4) is 0 Å². The maximum Gasteiger partial charge on any atom is 0.335 e. The van der Waals surface area contributed by atoms with Crippen molar-refractivity contribution in [2.24, 2.45) is 5.73 Å². The minimum atomic E-state index is -4.07. The maximum absolute atomic E-state index is 13.8. The largest absolute Gasteiger partial charge is 0.478 e. The number of carboxylic acid groups (broad SMARTS) is 1. The van der Waals surface area contributed by atoms with Gasteiger partial charge in [0, 0.05) is 19.1 Å². The second-order valence-corrected chi connectivity index (χ2v) is 6.62. The minimum absolute atomic E-state index is 0.110. The summed E-state index contributed by atoms with van der Waals surface area (Å²) >= 11 is 0. The topological polar surface area (TPSA) is 101 Å². The fourth-order valence-electron chi connectivity index (χ4n) is 2.17. The summed E-state index contributed by atoms with van der Waals surface area (Å²) in [6.45, 7) is 0.367. The molecule has 1 unspecified atom stereocenters.